The van der Waals surface area contributed by atoms with Gasteiger partial charge in [0.05, 0.1) is 0 Å². The largest absolute Gasteiger partial charge is 0.454 e. The van der Waals surface area contributed by atoms with Crippen molar-refractivity contribution < 1.29 is 23.0 Å². The molecular formula is C19H29F2IN4O3. The zero-order chi connectivity index (χ0) is 19.9. The first kappa shape index (κ1) is 23.7. The molecular weight excluding hydrogens is 497 g/mol. The summed E-state index contributed by atoms with van der Waals surface area (Å²) < 4.78 is 40.6. The third-order valence-electron chi connectivity index (χ3n) is 5.04. The summed E-state index contributed by atoms with van der Waals surface area (Å²) in [7, 11) is 1.67. The van der Waals surface area contributed by atoms with Gasteiger partial charge < -0.3 is 29.7 Å². The fraction of sp³-hybridized carbons (Fsp3) is 0.632. The molecule has 10 heteroatoms. The summed E-state index contributed by atoms with van der Waals surface area (Å²) in [6.45, 7) is 3.67. The Balaban J connectivity index is 0.00000300. The first-order chi connectivity index (χ1) is 13.5. The van der Waals surface area contributed by atoms with Gasteiger partial charge in [0, 0.05) is 38.3 Å². The highest BCUT2D eigenvalue weighted by molar-refractivity contribution is 14.0. The van der Waals surface area contributed by atoms with Gasteiger partial charge in [-0.15, -0.1) is 24.0 Å². The van der Waals surface area contributed by atoms with Gasteiger partial charge in [-0.25, -0.2) is 0 Å². The number of rotatable bonds is 7. The number of nitrogens with zero attached hydrogens (tertiary/aromatic N) is 2. The van der Waals surface area contributed by atoms with Crippen LogP contribution in [-0.2, 0) is 6.54 Å². The van der Waals surface area contributed by atoms with Crippen LogP contribution in [0.5, 0.6) is 17.2 Å². The maximum atomic E-state index is 12.7. The summed E-state index contributed by atoms with van der Waals surface area (Å²) in [5.74, 6) is 2.39. The van der Waals surface area contributed by atoms with Crippen LogP contribution in [-0.4, -0.2) is 57.5 Å². The van der Waals surface area contributed by atoms with E-state index in [9.17, 15) is 8.78 Å². The SMILES string of the molecule is CN=C(NCCN1CCC(C)CC1)NCc1cc2c(cc1OC(F)F)OCO2.I. The summed E-state index contributed by atoms with van der Waals surface area (Å²) in [5.41, 5.74) is 0.539. The first-order valence-electron chi connectivity index (χ1n) is 9.59. The number of likely N-dealkylation sites (tertiary alicyclic amines) is 1. The van der Waals surface area contributed by atoms with Gasteiger partial charge in [0.25, 0.3) is 0 Å². The lowest BCUT2D eigenvalue weighted by atomic mass is 9.99. The number of aliphatic imine (C=N–C) groups is 1. The number of fused-ring (bicyclic) bond motifs is 1. The lowest BCUT2D eigenvalue weighted by Crippen LogP contribution is -2.43. The minimum absolute atomic E-state index is 0. The van der Waals surface area contributed by atoms with Gasteiger partial charge in [-0.2, -0.15) is 8.78 Å². The summed E-state index contributed by atoms with van der Waals surface area (Å²) >= 11 is 0. The number of alkyl halides is 2. The van der Waals surface area contributed by atoms with E-state index in [1.807, 2.05) is 0 Å². The van der Waals surface area contributed by atoms with Gasteiger partial charge in [-0.05, 0) is 37.9 Å². The number of nitrogens with one attached hydrogen (secondary N) is 2. The molecule has 0 amide bonds. The quantitative estimate of drug-likeness (QED) is 0.324. The van der Waals surface area contributed by atoms with Crippen LogP contribution in [0.4, 0.5) is 8.78 Å². The van der Waals surface area contributed by atoms with Crippen LogP contribution in [0.2, 0.25) is 0 Å². The molecule has 1 aromatic rings. The minimum Gasteiger partial charge on any atom is -0.454 e. The predicted octanol–water partition coefficient (Wildman–Crippen LogP) is 3.03. The Bertz CT molecular complexity index is 686. The van der Waals surface area contributed by atoms with E-state index in [1.54, 1.807) is 13.1 Å². The van der Waals surface area contributed by atoms with E-state index in [0.717, 1.165) is 32.1 Å². The van der Waals surface area contributed by atoms with Crippen LogP contribution in [0.15, 0.2) is 17.1 Å². The zero-order valence-electron chi connectivity index (χ0n) is 16.7. The van der Waals surface area contributed by atoms with Crippen molar-refractivity contribution in [3.8, 4) is 17.2 Å². The molecule has 0 aromatic heterocycles. The number of halogens is 3. The lowest BCUT2D eigenvalue weighted by Gasteiger charge is -2.30. The van der Waals surface area contributed by atoms with Crippen molar-refractivity contribution in [2.45, 2.75) is 32.9 Å². The first-order valence-corrected chi connectivity index (χ1v) is 9.59. The Morgan fingerprint density at radius 3 is 2.59 bits per heavy atom. The zero-order valence-corrected chi connectivity index (χ0v) is 19.1. The monoisotopic (exact) mass is 526 g/mol. The molecule has 0 atom stereocenters. The molecule has 0 saturated carbocycles. The molecule has 1 fully saturated rings. The lowest BCUT2D eigenvalue weighted by molar-refractivity contribution is -0.0505. The van der Waals surface area contributed by atoms with Crippen molar-refractivity contribution in [2.24, 2.45) is 10.9 Å². The van der Waals surface area contributed by atoms with Gasteiger partial charge in [-0.3, -0.25) is 4.99 Å². The van der Waals surface area contributed by atoms with Gasteiger partial charge in [0.1, 0.15) is 5.75 Å². The molecule has 0 radical (unpaired) electrons. The molecule has 2 N–H and O–H groups in total. The summed E-state index contributed by atoms with van der Waals surface area (Å²) in [6.07, 6.45) is 2.48. The number of piperidine rings is 1. The van der Waals surface area contributed by atoms with Crippen molar-refractivity contribution in [1.82, 2.24) is 15.5 Å². The smallest absolute Gasteiger partial charge is 0.387 e. The van der Waals surface area contributed by atoms with E-state index in [1.165, 1.54) is 18.9 Å². The van der Waals surface area contributed by atoms with Crippen LogP contribution in [0, 0.1) is 5.92 Å². The Hall–Kier alpha value is -1.56. The van der Waals surface area contributed by atoms with E-state index in [2.05, 4.69) is 32.2 Å². The molecule has 0 bridgehead atoms. The Morgan fingerprint density at radius 1 is 1.24 bits per heavy atom. The summed E-state index contributed by atoms with van der Waals surface area (Å²) in [6, 6.07) is 3.08. The second-order valence-corrected chi connectivity index (χ2v) is 7.07. The molecule has 2 heterocycles. The van der Waals surface area contributed by atoms with Crippen LogP contribution in [0.3, 0.4) is 0 Å². The number of guanidine groups is 1. The van der Waals surface area contributed by atoms with Crippen LogP contribution < -0.4 is 24.8 Å². The van der Waals surface area contributed by atoms with E-state index in [4.69, 9.17) is 9.47 Å². The van der Waals surface area contributed by atoms with Gasteiger partial charge >= 0.3 is 6.61 Å². The number of hydrogen-bond acceptors (Lipinski definition) is 5. The molecule has 1 aromatic carbocycles. The molecule has 29 heavy (non-hydrogen) atoms. The van der Waals surface area contributed by atoms with Crippen molar-refractivity contribution in [2.75, 3.05) is 40.0 Å². The van der Waals surface area contributed by atoms with E-state index in [-0.39, 0.29) is 43.1 Å². The minimum atomic E-state index is -2.91. The van der Waals surface area contributed by atoms with Gasteiger partial charge in [0.2, 0.25) is 6.79 Å². The van der Waals surface area contributed by atoms with E-state index in [0.29, 0.717) is 23.0 Å². The number of ether oxygens (including phenoxy) is 3. The Kier molecular flexibility index (Phi) is 9.47. The maximum absolute atomic E-state index is 12.7. The van der Waals surface area contributed by atoms with Crippen molar-refractivity contribution in [3.05, 3.63) is 17.7 Å². The highest BCUT2D eigenvalue weighted by Crippen LogP contribution is 2.38. The topological polar surface area (TPSA) is 67.4 Å². The van der Waals surface area contributed by atoms with E-state index >= 15 is 0 Å². The molecule has 2 aliphatic heterocycles. The average molecular weight is 526 g/mol. The molecule has 3 rings (SSSR count). The molecule has 1 saturated heterocycles. The van der Waals surface area contributed by atoms with Crippen LogP contribution in [0.1, 0.15) is 25.3 Å². The molecule has 164 valence electrons. The van der Waals surface area contributed by atoms with Gasteiger partial charge in [-0.1, -0.05) is 6.92 Å². The number of hydrogen-bond donors (Lipinski definition) is 2. The predicted molar refractivity (Wildman–Crippen MR) is 118 cm³/mol. The molecule has 0 spiro atoms. The molecule has 2 aliphatic rings. The van der Waals surface area contributed by atoms with Gasteiger partial charge in [0.15, 0.2) is 17.5 Å². The summed E-state index contributed by atoms with van der Waals surface area (Å²) in [5, 5.41) is 6.40. The Morgan fingerprint density at radius 2 is 1.93 bits per heavy atom. The Labute approximate surface area is 187 Å². The van der Waals surface area contributed by atoms with Crippen LogP contribution >= 0.6 is 24.0 Å². The summed E-state index contributed by atoms with van der Waals surface area (Å²) in [4.78, 5) is 6.63. The fourth-order valence-corrected chi connectivity index (χ4v) is 3.33. The maximum Gasteiger partial charge on any atom is 0.387 e. The average Bonchev–Trinajstić information content (AvgIpc) is 3.12. The third-order valence-corrected chi connectivity index (χ3v) is 5.04. The second-order valence-electron chi connectivity index (χ2n) is 7.07. The fourth-order valence-electron chi connectivity index (χ4n) is 3.33. The van der Waals surface area contributed by atoms with Crippen molar-refractivity contribution in [3.63, 3.8) is 0 Å². The molecule has 7 nitrogen and oxygen atoms in total. The molecule has 0 aliphatic carbocycles. The highest BCUT2D eigenvalue weighted by Gasteiger charge is 2.20. The van der Waals surface area contributed by atoms with Crippen molar-refractivity contribution >= 4 is 29.9 Å². The van der Waals surface area contributed by atoms with Crippen LogP contribution in [0.25, 0.3) is 0 Å². The van der Waals surface area contributed by atoms with E-state index < -0.39 is 6.61 Å². The molecule has 0 unspecified atom stereocenters. The highest BCUT2D eigenvalue weighted by atomic mass is 127. The normalized spacial score (nSPS) is 17.2. The third kappa shape index (κ3) is 7.02. The second kappa shape index (κ2) is 11.6. The van der Waals surface area contributed by atoms with Crippen molar-refractivity contribution in [1.29, 1.82) is 0 Å². The number of benzene rings is 1. The standard InChI is InChI=1S/C19H28F2N4O3.HI/c1-13-3-6-25(7-4-13)8-5-23-19(22-2)24-11-14-9-16-17(27-12-26-16)10-15(14)28-18(20)21;/h9-10,13,18H,3-8,11-12H2,1-2H3,(H2,22,23,24);1H.